The molecular formula is C35H29Cl2FN2O6. The Morgan fingerprint density at radius 1 is 0.870 bits per heavy atom. The first-order valence-corrected chi connectivity index (χ1v) is 15.8. The van der Waals surface area contributed by atoms with Crippen molar-refractivity contribution in [1.82, 2.24) is 4.90 Å². The van der Waals surface area contributed by atoms with Crippen LogP contribution in [0.4, 0.5) is 10.1 Å². The molecule has 2 aliphatic heterocycles. The maximum absolute atomic E-state index is 14.4. The van der Waals surface area contributed by atoms with Crippen molar-refractivity contribution < 1.29 is 33.4 Å². The summed E-state index contributed by atoms with van der Waals surface area (Å²) in [7, 11) is 0. The Bertz CT molecular complexity index is 1770. The van der Waals surface area contributed by atoms with Crippen LogP contribution in [0, 0.1) is 23.6 Å². The summed E-state index contributed by atoms with van der Waals surface area (Å²) in [6.07, 6.45) is 1.98. The average molecular weight is 664 g/mol. The minimum atomic E-state index is -2.02. The number of rotatable bonds is 7. The second-order valence-corrected chi connectivity index (χ2v) is 13.4. The standard InChI is InChI=1S/C35H29Cl2FN2O6/c36-34-18-27-25(14-15-26-28(27)31(43)39(30(26)42)19-20-4-2-1-3-5-20)29(21-6-12-24(13-7-21)46-17-16-41)35(34,37)33(45)40(32(34)44)23-10-8-22(38)9-11-23/h1-14,26-29,41H,15-19H2. The van der Waals surface area contributed by atoms with Gasteiger partial charge in [-0.05, 0) is 66.3 Å². The van der Waals surface area contributed by atoms with Crippen molar-refractivity contribution in [3.8, 4) is 5.75 Å². The second kappa shape index (κ2) is 11.3. The largest absolute Gasteiger partial charge is 0.491 e. The zero-order valence-corrected chi connectivity index (χ0v) is 26.0. The summed E-state index contributed by atoms with van der Waals surface area (Å²) in [5.41, 5.74) is 2.15. The third-order valence-corrected chi connectivity index (χ3v) is 11.2. The van der Waals surface area contributed by atoms with Gasteiger partial charge in [-0.2, -0.15) is 0 Å². The van der Waals surface area contributed by atoms with Crippen LogP contribution in [-0.4, -0.2) is 56.6 Å². The van der Waals surface area contributed by atoms with Gasteiger partial charge in [-0.3, -0.25) is 24.1 Å². The van der Waals surface area contributed by atoms with Gasteiger partial charge in [-0.25, -0.2) is 9.29 Å². The highest BCUT2D eigenvalue weighted by molar-refractivity contribution is 6.58. The molecule has 2 aliphatic carbocycles. The molecule has 0 radical (unpaired) electrons. The second-order valence-electron chi connectivity index (χ2n) is 12.1. The van der Waals surface area contributed by atoms with Crippen molar-refractivity contribution in [2.24, 2.45) is 17.8 Å². The molecule has 7 rings (SSSR count). The number of carbonyl (C=O) groups excluding carboxylic acids is 4. The highest BCUT2D eigenvalue weighted by Crippen LogP contribution is 2.65. The molecule has 8 nitrogen and oxygen atoms in total. The minimum Gasteiger partial charge on any atom is -0.491 e. The number of imide groups is 2. The number of fused-ring (bicyclic) bond motifs is 4. The van der Waals surface area contributed by atoms with E-state index in [1.165, 1.54) is 17.0 Å². The number of benzene rings is 3. The first-order valence-electron chi connectivity index (χ1n) is 15.0. The first-order chi connectivity index (χ1) is 22.1. The average Bonchev–Trinajstić information content (AvgIpc) is 3.39. The van der Waals surface area contributed by atoms with Gasteiger partial charge in [0.15, 0.2) is 9.75 Å². The molecule has 46 heavy (non-hydrogen) atoms. The van der Waals surface area contributed by atoms with Crippen LogP contribution in [0.2, 0.25) is 0 Å². The molecule has 2 heterocycles. The number of amides is 4. The number of ether oxygens (including phenoxy) is 1. The van der Waals surface area contributed by atoms with Crippen molar-refractivity contribution in [2.75, 3.05) is 18.1 Å². The molecule has 0 bridgehead atoms. The predicted octanol–water partition coefficient (Wildman–Crippen LogP) is 4.96. The Labute approximate surface area is 274 Å². The number of aliphatic hydroxyl groups is 1. The third kappa shape index (κ3) is 4.43. The Morgan fingerprint density at radius 3 is 2.24 bits per heavy atom. The summed E-state index contributed by atoms with van der Waals surface area (Å²) in [6, 6.07) is 20.9. The molecule has 3 aromatic carbocycles. The molecular weight excluding hydrogens is 634 g/mol. The summed E-state index contributed by atoms with van der Waals surface area (Å²) < 4.78 is 19.4. The van der Waals surface area contributed by atoms with Gasteiger partial charge in [0.25, 0.3) is 11.8 Å². The SMILES string of the molecule is O=C1C2CC=C3C(CC4(Cl)C(=O)N(c5ccc(F)cc5)C(=O)C4(Cl)C3c3ccc(OCCO)cc3)C2C(=O)N1Cc1ccccc1. The van der Waals surface area contributed by atoms with Crippen LogP contribution >= 0.6 is 23.2 Å². The zero-order valence-electron chi connectivity index (χ0n) is 24.4. The molecule has 0 aromatic heterocycles. The maximum atomic E-state index is 14.4. The van der Waals surface area contributed by atoms with Crippen molar-refractivity contribution in [3.05, 3.63) is 107 Å². The number of hydrogen-bond donors (Lipinski definition) is 1. The van der Waals surface area contributed by atoms with Gasteiger partial charge in [0, 0.05) is 5.92 Å². The summed E-state index contributed by atoms with van der Waals surface area (Å²) in [4.78, 5) is 54.7. The van der Waals surface area contributed by atoms with E-state index >= 15 is 0 Å². The maximum Gasteiger partial charge on any atom is 0.258 e. The van der Waals surface area contributed by atoms with Gasteiger partial charge in [0.2, 0.25) is 11.8 Å². The monoisotopic (exact) mass is 662 g/mol. The highest BCUT2D eigenvalue weighted by Gasteiger charge is 2.76. The van der Waals surface area contributed by atoms with E-state index in [0.29, 0.717) is 16.9 Å². The number of anilines is 1. The molecule has 236 valence electrons. The Balaban J connectivity index is 1.34. The number of carbonyl (C=O) groups is 4. The molecule has 4 amide bonds. The normalized spacial score (nSPS) is 30.2. The topological polar surface area (TPSA) is 104 Å². The van der Waals surface area contributed by atoms with E-state index in [9.17, 15) is 28.7 Å². The van der Waals surface area contributed by atoms with E-state index in [-0.39, 0.29) is 50.1 Å². The summed E-state index contributed by atoms with van der Waals surface area (Å²) in [5, 5.41) is 9.17. The van der Waals surface area contributed by atoms with Crippen molar-refractivity contribution in [3.63, 3.8) is 0 Å². The van der Waals surface area contributed by atoms with Crippen LogP contribution in [-0.2, 0) is 25.7 Å². The van der Waals surface area contributed by atoms with Crippen LogP contribution in [0.25, 0.3) is 0 Å². The van der Waals surface area contributed by atoms with Crippen LogP contribution < -0.4 is 9.64 Å². The number of allylic oxidation sites excluding steroid dienone is 2. The number of halogens is 3. The zero-order chi connectivity index (χ0) is 32.4. The lowest BCUT2D eigenvalue weighted by Gasteiger charge is -2.50. The van der Waals surface area contributed by atoms with Gasteiger partial charge < -0.3 is 9.84 Å². The third-order valence-electron chi connectivity index (χ3n) is 9.74. The highest BCUT2D eigenvalue weighted by atomic mass is 35.5. The molecule has 2 saturated heterocycles. The van der Waals surface area contributed by atoms with Gasteiger partial charge in [0.05, 0.1) is 30.7 Å². The van der Waals surface area contributed by atoms with E-state index < -0.39 is 51.1 Å². The van der Waals surface area contributed by atoms with Gasteiger partial charge in [-0.15, -0.1) is 23.2 Å². The lowest BCUT2D eigenvalue weighted by atomic mass is 9.56. The van der Waals surface area contributed by atoms with Crippen LogP contribution in [0.15, 0.2) is 90.5 Å². The lowest BCUT2D eigenvalue weighted by Crippen LogP contribution is -2.60. The smallest absolute Gasteiger partial charge is 0.258 e. The molecule has 1 saturated carbocycles. The number of aliphatic hydroxyl groups excluding tert-OH is 1. The molecule has 0 spiro atoms. The Hall–Kier alpha value is -4.05. The molecule has 6 atom stereocenters. The fraction of sp³-hybridized carbons (Fsp3) is 0.314. The summed E-state index contributed by atoms with van der Waals surface area (Å²) in [5.74, 6) is -5.31. The minimum absolute atomic E-state index is 0.0819. The molecule has 1 N–H and O–H groups in total. The van der Waals surface area contributed by atoms with E-state index in [4.69, 9.17) is 27.9 Å². The van der Waals surface area contributed by atoms with Crippen molar-refractivity contribution >= 4 is 52.5 Å². The quantitative estimate of drug-likeness (QED) is 0.218. The van der Waals surface area contributed by atoms with Gasteiger partial charge >= 0.3 is 0 Å². The van der Waals surface area contributed by atoms with E-state index in [0.717, 1.165) is 22.6 Å². The molecule has 3 fully saturated rings. The van der Waals surface area contributed by atoms with Crippen molar-refractivity contribution in [2.45, 2.75) is 35.1 Å². The molecule has 6 unspecified atom stereocenters. The number of nitrogens with zero attached hydrogens (tertiary/aromatic N) is 2. The fourth-order valence-corrected chi connectivity index (χ4v) is 8.61. The molecule has 3 aromatic rings. The van der Waals surface area contributed by atoms with Gasteiger partial charge in [0.1, 0.15) is 18.2 Å². The number of hydrogen-bond acceptors (Lipinski definition) is 6. The number of likely N-dealkylation sites (tertiary alicyclic amines) is 1. The Kier molecular flexibility index (Phi) is 7.54. The number of alkyl halides is 2. The first kappa shape index (κ1) is 30.6. The van der Waals surface area contributed by atoms with Crippen LogP contribution in [0.1, 0.15) is 29.9 Å². The van der Waals surface area contributed by atoms with Crippen LogP contribution in [0.5, 0.6) is 5.75 Å². The molecule has 4 aliphatic rings. The van der Waals surface area contributed by atoms with E-state index in [1.54, 1.807) is 24.3 Å². The summed E-state index contributed by atoms with van der Waals surface area (Å²) in [6.45, 7) is 0.0248. The molecule has 11 heteroatoms. The van der Waals surface area contributed by atoms with E-state index in [2.05, 4.69) is 0 Å². The van der Waals surface area contributed by atoms with Crippen LogP contribution in [0.3, 0.4) is 0 Å². The van der Waals surface area contributed by atoms with Crippen molar-refractivity contribution in [1.29, 1.82) is 0 Å². The van der Waals surface area contributed by atoms with E-state index in [1.807, 2.05) is 36.4 Å². The lowest BCUT2D eigenvalue weighted by molar-refractivity contribution is -0.141. The van der Waals surface area contributed by atoms with Gasteiger partial charge in [-0.1, -0.05) is 54.1 Å². The fourth-order valence-electron chi connectivity index (χ4n) is 7.68. The Morgan fingerprint density at radius 2 is 1.57 bits per heavy atom. The predicted molar refractivity (Wildman–Crippen MR) is 168 cm³/mol. The summed E-state index contributed by atoms with van der Waals surface area (Å²) >= 11 is 14.8.